The summed E-state index contributed by atoms with van der Waals surface area (Å²) in [5.74, 6) is 0.804. The molecule has 3 N–H and O–H groups in total. The summed E-state index contributed by atoms with van der Waals surface area (Å²) < 4.78 is 5.47. The molecule has 0 amide bonds. The second-order valence-corrected chi connectivity index (χ2v) is 4.88. The zero-order chi connectivity index (χ0) is 14.5. The van der Waals surface area contributed by atoms with Crippen LogP contribution < -0.4 is 15.4 Å². The largest absolute Gasteiger partial charge is 0.461 e. The average Bonchev–Trinajstić information content (AvgIpc) is 2.37. The second kappa shape index (κ2) is 6.51. The number of ether oxygens (including phenoxy) is 1. The first-order chi connectivity index (χ1) is 8.92. The molecular formula is C12H23N5O2. The quantitative estimate of drug-likeness (QED) is 0.686. The molecule has 1 rings (SSSR count). The molecule has 1 atom stereocenters. The molecule has 7 nitrogen and oxygen atoms in total. The molecule has 0 aliphatic rings. The fourth-order valence-electron chi connectivity index (χ4n) is 1.30. The number of rotatable bonds is 7. The molecule has 108 valence electrons. The number of aliphatic hydroxyl groups excluding tert-OH is 1. The third-order valence-electron chi connectivity index (χ3n) is 2.72. The van der Waals surface area contributed by atoms with E-state index in [1.165, 1.54) is 0 Å². The summed E-state index contributed by atoms with van der Waals surface area (Å²) in [4.78, 5) is 12.5. The van der Waals surface area contributed by atoms with E-state index < -0.39 is 5.54 Å². The summed E-state index contributed by atoms with van der Waals surface area (Å²) in [5.41, 5.74) is -0.471. The van der Waals surface area contributed by atoms with Crippen molar-refractivity contribution in [3.05, 3.63) is 0 Å². The lowest BCUT2D eigenvalue weighted by molar-refractivity contribution is 0.214. The van der Waals surface area contributed by atoms with Gasteiger partial charge in [-0.1, -0.05) is 6.92 Å². The predicted molar refractivity (Wildman–Crippen MR) is 74.5 cm³/mol. The summed E-state index contributed by atoms with van der Waals surface area (Å²) in [6.07, 6.45) is 0.722. The van der Waals surface area contributed by atoms with Gasteiger partial charge in [0.15, 0.2) is 0 Å². The zero-order valence-corrected chi connectivity index (χ0v) is 12.2. The van der Waals surface area contributed by atoms with Crippen molar-refractivity contribution in [2.45, 2.75) is 45.8 Å². The Morgan fingerprint density at radius 1 is 1.26 bits per heavy atom. The molecule has 0 bridgehead atoms. The van der Waals surface area contributed by atoms with Crippen molar-refractivity contribution < 1.29 is 9.84 Å². The topological polar surface area (TPSA) is 92.2 Å². The van der Waals surface area contributed by atoms with Crippen LogP contribution in [0.2, 0.25) is 0 Å². The second-order valence-electron chi connectivity index (χ2n) is 4.88. The molecule has 0 aliphatic carbocycles. The van der Waals surface area contributed by atoms with Gasteiger partial charge in [0.25, 0.3) is 0 Å². The maximum absolute atomic E-state index is 9.41. The third-order valence-corrected chi connectivity index (χ3v) is 2.72. The molecule has 0 spiro atoms. The van der Waals surface area contributed by atoms with E-state index in [9.17, 15) is 5.11 Å². The van der Waals surface area contributed by atoms with Gasteiger partial charge in [0, 0.05) is 7.05 Å². The van der Waals surface area contributed by atoms with E-state index in [0.29, 0.717) is 11.9 Å². The monoisotopic (exact) mass is 269 g/mol. The highest BCUT2D eigenvalue weighted by molar-refractivity contribution is 5.37. The highest BCUT2D eigenvalue weighted by atomic mass is 16.5. The molecule has 1 aromatic rings. The van der Waals surface area contributed by atoms with Crippen LogP contribution in [0, 0.1) is 0 Å². The van der Waals surface area contributed by atoms with Gasteiger partial charge in [0.05, 0.1) is 18.2 Å². The van der Waals surface area contributed by atoms with E-state index >= 15 is 0 Å². The molecule has 0 radical (unpaired) electrons. The van der Waals surface area contributed by atoms with Crippen molar-refractivity contribution >= 4 is 11.9 Å². The van der Waals surface area contributed by atoms with Gasteiger partial charge in [-0.15, -0.1) is 0 Å². The summed E-state index contributed by atoms with van der Waals surface area (Å²) in [5, 5.41) is 15.4. The summed E-state index contributed by atoms with van der Waals surface area (Å²) in [7, 11) is 1.73. The molecule has 0 saturated heterocycles. The first-order valence-electron chi connectivity index (χ1n) is 6.42. The Kier molecular flexibility index (Phi) is 5.29. The number of nitrogens with one attached hydrogen (secondary N) is 2. The van der Waals surface area contributed by atoms with E-state index in [0.717, 1.165) is 6.42 Å². The number of nitrogens with zero attached hydrogens (tertiary/aromatic N) is 3. The van der Waals surface area contributed by atoms with Crippen molar-refractivity contribution in [1.29, 1.82) is 0 Å². The van der Waals surface area contributed by atoms with E-state index in [4.69, 9.17) is 4.74 Å². The number of hydrogen-bond donors (Lipinski definition) is 3. The van der Waals surface area contributed by atoms with Crippen LogP contribution >= 0.6 is 0 Å². The van der Waals surface area contributed by atoms with Crippen LogP contribution in [0.15, 0.2) is 0 Å². The highest BCUT2D eigenvalue weighted by Crippen LogP contribution is 2.18. The van der Waals surface area contributed by atoms with Gasteiger partial charge < -0.3 is 20.5 Å². The molecule has 0 saturated carbocycles. The summed E-state index contributed by atoms with van der Waals surface area (Å²) in [6, 6.07) is 0.258. The molecule has 0 aromatic carbocycles. The van der Waals surface area contributed by atoms with Crippen molar-refractivity contribution in [3.63, 3.8) is 0 Å². The Morgan fingerprint density at radius 3 is 2.37 bits per heavy atom. The Labute approximate surface area is 113 Å². The van der Waals surface area contributed by atoms with Crippen LogP contribution in [0.5, 0.6) is 6.01 Å². The average molecular weight is 269 g/mol. The molecule has 7 heteroatoms. The molecular weight excluding hydrogens is 246 g/mol. The molecule has 1 aromatic heterocycles. The van der Waals surface area contributed by atoms with Gasteiger partial charge >= 0.3 is 6.01 Å². The van der Waals surface area contributed by atoms with Crippen molar-refractivity contribution in [2.75, 3.05) is 24.3 Å². The van der Waals surface area contributed by atoms with E-state index in [2.05, 4.69) is 25.6 Å². The smallest absolute Gasteiger partial charge is 0.323 e. The van der Waals surface area contributed by atoms with Gasteiger partial charge in [-0.05, 0) is 27.2 Å². The van der Waals surface area contributed by atoms with E-state index in [-0.39, 0.29) is 18.7 Å². The van der Waals surface area contributed by atoms with Crippen molar-refractivity contribution in [2.24, 2.45) is 0 Å². The fourth-order valence-corrected chi connectivity index (χ4v) is 1.30. The molecule has 1 heterocycles. The van der Waals surface area contributed by atoms with Gasteiger partial charge in [-0.2, -0.15) is 15.0 Å². The Morgan fingerprint density at radius 2 is 1.89 bits per heavy atom. The zero-order valence-electron chi connectivity index (χ0n) is 12.2. The minimum atomic E-state index is -0.471. The first-order valence-corrected chi connectivity index (χ1v) is 6.42. The minimum absolute atomic E-state index is 0.00948. The third kappa shape index (κ3) is 4.51. The summed E-state index contributed by atoms with van der Waals surface area (Å²) in [6.45, 7) is 7.68. The number of anilines is 2. The lowest BCUT2D eigenvalue weighted by Crippen LogP contribution is -2.38. The maximum atomic E-state index is 9.41. The van der Waals surface area contributed by atoms with Gasteiger partial charge in [-0.25, -0.2) is 0 Å². The maximum Gasteiger partial charge on any atom is 0.323 e. The predicted octanol–water partition coefficient (Wildman–Crippen LogP) is 1.27. The summed E-state index contributed by atoms with van der Waals surface area (Å²) >= 11 is 0. The minimum Gasteiger partial charge on any atom is -0.461 e. The van der Waals surface area contributed by atoms with Gasteiger partial charge in [0.2, 0.25) is 11.9 Å². The van der Waals surface area contributed by atoms with Gasteiger partial charge in [-0.3, -0.25) is 0 Å². The SMILES string of the molecule is CCC(C)(CO)Nc1nc(NC)nc(OC(C)C)n1. The van der Waals surface area contributed by atoms with Crippen LogP contribution in [0.25, 0.3) is 0 Å². The van der Waals surface area contributed by atoms with E-state index in [1.54, 1.807) is 7.05 Å². The lowest BCUT2D eigenvalue weighted by Gasteiger charge is -2.27. The van der Waals surface area contributed by atoms with Crippen molar-refractivity contribution in [3.8, 4) is 6.01 Å². The molecule has 19 heavy (non-hydrogen) atoms. The molecule has 0 fully saturated rings. The van der Waals surface area contributed by atoms with E-state index in [1.807, 2.05) is 27.7 Å². The van der Waals surface area contributed by atoms with Crippen LogP contribution in [-0.2, 0) is 0 Å². The number of aromatic nitrogens is 3. The van der Waals surface area contributed by atoms with Crippen LogP contribution in [0.4, 0.5) is 11.9 Å². The standard InChI is InChI=1S/C12H23N5O2/c1-6-12(4,7-18)17-10-14-9(13-5)15-11(16-10)19-8(2)3/h8,18H,6-7H2,1-5H3,(H2,13,14,15,16,17). The Bertz CT molecular complexity index is 407. The first kappa shape index (κ1) is 15.4. The lowest BCUT2D eigenvalue weighted by atomic mass is 10.0. The van der Waals surface area contributed by atoms with Crippen LogP contribution in [-0.4, -0.2) is 45.4 Å². The fraction of sp³-hybridized carbons (Fsp3) is 0.750. The highest BCUT2D eigenvalue weighted by Gasteiger charge is 2.22. The molecule has 0 aliphatic heterocycles. The van der Waals surface area contributed by atoms with Crippen LogP contribution in [0.1, 0.15) is 34.1 Å². The van der Waals surface area contributed by atoms with Crippen molar-refractivity contribution in [1.82, 2.24) is 15.0 Å². The normalized spacial score (nSPS) is 14.1. The number of aliphatic hydroxyl groups is 1. The Hall–Kier alpha value is -1.63. The Balaban J connectivity index is 2.99. The van der Waals surface area contributed by atoms with Crippen LogP contribution in [0.3, 0.4) is 0 Å². The number of hydrogen-bond acceptors (Lipinski definition) is 7. The van der Waals surface area contributed by atoms with Gasteiger partial charge in [0.1, 0.15) is 0 Å². The molecule has 1 unspecified atom stereocenters.